The minimum absolute atomic E-state index is 0.0189. The van der Waals surface area contributed by atoms with E-state index in [0.29, 0.717) is 10.8 Å². The van der Waals surface area contributed by atoms with Crippen molar-refractivity contribution in [1.82, 2.24) is 0 Å². The summed E-state index contributed by atoms with van der Waals surface area (Å²) in [5, 5.41) is 0.650. The van der Waals surface area contributed by atoms with Gasteiger partial charge in [0, 0.05) is 16.8 Å². The molecule has 0 saturated heterocycles. The summed E-state index contributed by atoms with van der Waals surface area (Å²) in [6, 6.07) is 15.3. The topological polar surface area (TPSA) is 29.5 Å². The summed E-state index contributed by atoms with van der Waals surface area (Å²) in [7, 11) is 0. The van der Waals surface area contributed by atoms with E-state index < -0.39 is 0 Å². The van der Waals surface area contributed by atoms with Crippen molar-refractivity contribution in [3.8, 4) is 5.75 Å². The van der Waals surface area contributed by atoms with E-state index in [1.165, 1.54) is 5.56 Å². The van der Waals surface area contributed by atoms with Crippen LogP contribution in [0.25, 0.3) is 0 Å². The second-order valence-corrected chi connectivity index (χ2v) is 5.96. The highest BCUT2D eigenvalue weighted by atomic mass is 35.5. The molecule has 0 radical (unpaired) electrons. The zero-order chi connectivity index (χ0) is 15.5. The Morgan fingerprint density at radius 3 is 2.73 bits per heavy atom. The summed E-state index contributed by atoms with van der Waals surface area (Å²) in [6.07, 6.45) is 1.99. The first-order valence-electron chi connectivity index (χ1n) is 7.43. The average Bonchev–Trinajstić information content (AvgIpc) is 2.54. The number of halogens is 1. The molecule has 0 fully saturated rings. The summed E-state index contributed by atoms with van der Waals surface area (Å²) in [5.74, 6) is 0.630. The third-order valence-electron chi connectivity index (χ3n) is 3.97. The van der Waals surface area contributed by atoms with E-state index in [4.69, 9.17) is 16.3 Å². The lowest BCUT2D eigenvalue weighted by Crippen LogP contribution is -2.44. The Bertz CT molecular complexity index is 669. The lowest BCUT2D eigenvalue weighted by Gasteiger charge is -2.35. The molecule has 0 bridgehead atoms. The van der Waals surface area contributed by atoms with Gasteiger partial charge in [0.25, 0.3) is 5.91 Å². The molecule has 2 aromatic rings. The van der Waals surface area contributed by atoms with Crippen molar-refractivity contribution in [2.75, 3.05) is 11.5 Å². The number of amides is 1. The van der Waals surface area contributed by atoms with Crippen LogP contribution in [-0.2, 0) is 11.2 Å². The van der Waals surface area contributed by atoms with E-state index in [0.717, 1.165) is 18.5 Å². The number of hydrogen-bond acceptors (Lipinski definition) is 2. The molecule has 1 atom stereocenters. The molecule has 3 rings (SSSR count). The van der Waals surface area contributed by atoms with Gasteiger partial charge in [-0.05, 0) is 55.7 Å². The number of nitrogens with zero attached hydrogens (tertiary/aromatic N) is 1. The molecule has 0 saturated carbocycles. The highest BCUT2D eigenvalue weighted by Gasteiger charge is 2.28. The molecule has 0 spiro atoms. The number of hydrogen-bond donors (Lipinski definition) is 0. The lowest BCUT2D eigenvalue weighted by molar-refractivity contribution is -0.121. The van der Waals surface area contributed by atoms with Gasteiger partial charge in [-0.1, -0.05) is 29.8 Å². The zero-order valence-electron chi connectivity index (χ0n) is 12.5. The van der Waals surface area contributed by atoms with E-state index in [1.807, 2.05) is 23.1 Å². The Kier molecular flexibility index (Phi) is 4.34. The van der Waals surface area contributed by atoms with Gasteiger partial charge in [0.15, 0.2) is 6.61 Å². The predicted molar refractivity (Wildman–Crippen MR) is 88.7 cm³/mol. The fourth-order valence-corrected chi connectivity index (χ4v) is 2.94. The third kappa shape index (κ3) is 3.09. The van der Waals surface area contributed by atoms with Gasteiger partial charge in [-0.2, -0.15) is 0 Å². The fourth-order valence-electron chi connectivity index (χ4n) is 2.81. The van der Waals surface area contributed by atoms with Crippen LogP contribution >= 0.6 is 11.6 Å². The van der Waals surface area contributed by atoms with Gasteiger partial charge in [-0.3, -0.25) is 4.79 Å². The standard InChI is InChI=1S/C18H18ClNO2/c1-13-6-7-14-4-2-3-5-17(14)20(13)18(21)12-22-16-10-8-15(19)9-11-16/h2-5,8-11,13H,6-7,12H2,1H3. The van der Waals surface area contributed by atoms with Gasteiger partial charge in [-0.25, -0.2) is 0 Å². The number of rotatable bonds is 3. The van der Waals surface area contributed by atoms with Crippen molar-refractivity contribution >= 4 is 23.2 Å². The van der Waals surface area contributed by atoms with Crippen molar-refractivity contribution < 1.29 is 9.53 Å². The van der Waals surface area contributed by atoms with Crippen LogP contribution in [0.2, 0.25) is 5.02 Å². The quantitative estimate of drug-likeness (QED) is 0.854. The number of carbonyl (C=O) groups excluding carboxylic acids is 1. The Labute approximate surface area is 135 Å². The molecular weight excluding hydrogens is 298 g/mol. The van der Waals surface area contributed by atoms with Crippen LogP contribution in [0.3, 0.4) is 0 Å². The molecule has 4 heteroatoms. The Balaban J connectivity index is 1.73. The minimum Gasteiger partial charge on any atom is -0.484 e. The normalized spacial score (nSPS) is 17.0. The molecule has 0 aromatic heterocycles. The van der Waals surface area contributed by atoms with Gasteiger partial charge < -0.3 is 9.64 Å². The Morgan fingerprint density at radius 1 is 1.23 bits per heavy atom. The van der Waals surface area contributed by atoms with Crippen molar-refractivity contribution in [1.29, 1.82) is 0 Å². The maximum atomic E-state index is 12.6. The van der Waals surface area contributed by atoms with E-state index in [1.54, 1.807) is 24.3 Å². The lowest BCUT2D eigenvalue weighted by atomic mass is 9.96. The molecule has 0 aliphatic carbocycles. The van der Waals surface area contributed by atoms with Crippen molar-refractivity contribution in [2.24, 2.45) is 0 Å². The van der Waals surface area contributed by atoms with Crippen molar-refractivity contribution in [3.05, 3.63) is 59.1 Å². The van der Waals surface area contributed by atoms with Gasteiger partial charge in [0.2, 0.25) is 0 Å². The largest absolute Gasteiger partial charge is 0.484 e. The Morgan fingerprint density at radius 2 is 1.95 bits per heavy atom. The Hall–Kier alpha value is -2.00. The third-order valence-corrected chi connectivity index (χ3v) is 4.22. The maximum Gasteiger partial charge on any atom is 0.265 e. The smallest absolute Gasteiger partial charge is 0.265 e. The molecule has 1 unspecified atom stereocenters. The zero-order valence-corrected chi connectivity index (χ0v) is 13.2. The van der Waals surface area contributed by atoms with Crippen LogP contribution in [0.15, 0.2) is 48.5 Å². The minimum atomic E-state index is -0.0189. The van der Waals surface area contributed by atoms with E-state index in [2.05, 4.69) is 13.0 Å². The molecular formula is C18H18ClNO2. The summed E-state index contributed by atoms with van der Waals surface area (Å²) < 4.78 is 5.59. The molecule has 1 aliphatic rings. The molecule has 0 N–H and O–H groups in total. The van der Waals surface area contributed by atoms with Gasteiger partial charge in [0.1, 0.15) is 5.75 Å². The molecule has 114 valence electrons. The molecule has 1 heterocycles. The van der Waals surface area contributed by atoms with Crippen molar-refractivity contribution in [3.63, 3.8) is 0 Å². The summed E-state index contributed by atoms with van der Waals surface area (Å²) in [5.41, 5.74) is 2.23. The first-order valence-corrected chi connectivity index (χ1v) is 7.81. The number of benzene rings is 2. The van der Waals surface area contributed by atoms with E-state index >= 15 is 0 Å². The van der Waals surface area contributed by atoms with Crippen LogP contribution in [0.1, 0.15) is 18.9 Å². The molecule has 3 nitrogen and oxygen atoms in total. The summed E-state index contributed by atoms with van der Waals surface area (Å²) >= 11 is 5.84. The number of fused-ring (bicyclic) bond motifs is 1. The van der Waals surface area contributed by atoms with Gasteiger partial charge in [-0.15, -0.1) is 0 Å². The molecule has 1 aliphatic heterocycles. The maximum absolute atomic E-state index is 12.6. The molecule has 1 amide bonds. The molecule has 22 heavy (non-hydrogen) atoms. The SMILES string of the molecule is CC1CCc2ccccc2N1C(=O)COc1ccc(Cl)cc1. The van der Waals surface area contributed by atoms with Crippen LogP contribution in [-0.4, -0.2) is 18.6 Å². The average molecular weight is 316 g/mol. The first-order chi connectivity index (χ1) is 10.6. The van der Waals surface area contributed by atoms with Crippen LogP contribution in [0.4, 0.5) is 5.69 Å². The van der Waals surface area contributed by atoms with Crippen LogP contribution < -0.4 is 9.64 Å². The molecule has 2 aromatic carbocycles. The fraction of sp³-hybridized carbons (Fsp3) is 0.278. The number of aryl methyl sites for hydroxylation is 1. The highest BCUT2D eigenvalue weighted by Crippen LogP contribution is 2.30. The number of ether oxygens (including phenoxy) is 1. The number of para-hydroxylation sites is 1. The van der Waals surface area contributed by atoms with E-state index in [-0.39, 0.29) is 18.6 Å². The monoisotopic (exact) mass is 315 g/mol. The predicted octanol–water partition coefficient (Wildman–Crippen LogP) is 4.09. The highest BCUT2D eigenvalue weighted by molar-refractivity contribution is 6.30. The number of anilines is 1. The van der Waals surface area contributed by atoms with Crippen molar-refractivity contribution in [2.45, 2.75) is 25.8 Å². The van der Waals surface area contributed by atoms with Crippen LogP contribution in [0, 0.1) is 0 Å². The van der Waals surface area contributed by atoms with Gasteiger partial charge >= 0.3 is 0 Å². The number of carbonyl (C=O) groups is 1. The second kappa shape index (κ2) is 6.41. The second-order valence-electron chi connectivity index (χ2n) is 5.52. The summed E-state index contributed by atoms with van der Waals surface area (Å²) in [6.45, 7) is 2.11. The van der Waals surface area contributed by atoms with E-state index in [9.17, 15) is 4.79 Å². The van der Waals surface area contributed by atoms with Crippen LogP contribution in [0.5, 0.6) is 5.75 Å². The summed E-state index contributed by atoms with van der Waals surface area (Å²) in [4.78, 5) is 14.4. The first kappa shape index (κ1) is 14.9. The van der Waals surface area contributed by atoms with Gasteiger partial charge in [0.05, 0.1) is 0 Å².